The number of rotatable bonds is 3. The molecule has 2 aromatic rings. The van der Waals surface area contributed by atoms with Crippen LogP contribution in [0.5, 0.6) is 0 Å². The zero-order valence-corrected chi connectivity index (χ0v) is 15.6. The number of carbonyl (C=O) groups is 1. The number of fused-ring (bicyclic) bond motifs is 3. The van der Waals surface area contributed by atoms with Crippen LogP contribution in [0.15, 0.2) is 59.1 Å². The number of carbonyl (C=O) groups excluding carboxylic acids is 1. The van der Waals surface area contributed by atoms with Gasteiger partial charge in [-0.05, 0) is 42.5 Å². The Bertz CT molecular complexity index is 846. The molecule has 0 bridgehead atoms. The monoisotopic (exact) mass is 397 g/mol. The van der Waals surface area contributed by atoms with Gasteiger partial charge in [0.2, 0.25) is 0 Å². The highest BCUT2D eigenvalue weighted by molar-refractivity contribution is 9.10. The Balaban J connectivity index is 1.82. The average molecular weight is 398 g/mol. The summed E-state index contributed by atoms with van der Waals surface area (Å²) in [5.74, 6) is 0.504. The first-order chi connectivity index (χ1) is 12.2. The molecule has 4 heteroatoms. The number of ether oxygens (including phenoxy) is 1. The molecule has 1 aliphatic heterocycles. The number of nitrogens with one attached hydrogen (secondary N) is 1. The SMILES string of the molecule is CCOC(=O)c1cccc2c1N[C@@H](c1ccccc1Br)C1CC=CC21. The fraction of sp³-hybridized carbons (Fsp3) is 0.286. The van der Waals surface area contributed by atoms with E-state index in [4.69, 9.17) is 4.74 Å². The van der Waals surface area contributed by atoms with Crippen LogP contribution in [-0.4, -0.2) is 12.6 Å². The van der Waals surface area contributed by atoms with E-state index in [0.29, 0.717) is 24.0 Å². The van der Waals surface area contributed by atoms with Crippen LogP contribution in [0.4, 0.5) is 5.69 Å². The molecule has 1 N–H and O–H groups in total. The van der Waals surface area contributed by atoms with Crippen molar-refractivity contribution in [2.45, 2.75) is 25.3 Å². The molecule has 2 aromatic carbocycles. The molecule has 0 fully saturated rings. The van der Waals surface area contributed by atoms with Gasteiger partial charge < -0.3 is 10.1 Å². The number of allylic oxidation sites excluding steroid dienone is 2. The van der Waals surface area contributed by atoms with Crippen molar-refractivity contribution in [1.82, 2.24) is 0 Å². The van der Waals surface area contributed by atoms with Crippen molar-refractivity contribution >= 4 is 27.6 Å². The summed E-state index contributed by atoms with van der Waals surface area (Å²) in [5, 5.41) is 3.66. The molecular weight excluding hydrogens is 378 g/mol. The lowest BCUT2D eigenvalue weighted by molar-refractivity contribution is 0.0527. The van der Waals surface area contributed by atoms with Crippen LogP contribution < -0.4 is 5.32 Å². The summed E-state index contributed by atoms with van der Waals surface area (Å²) in [6, 6.07) is 14.4. The Morgan fingerprint density at radius 3 is 2.80 bits per heavy atom. The highest BCUT2D eigenvalue weighted by Crippen LogP contribution is 2.51. The zero-order chi connectivity index (χ0) is 17.4. The van der Waals surface area contributed by atoms with Crippen LogP contribution >= 0.6 is 15.9 Å². The van der Waals surface area contributed by atoms with Crippen molar-refractivity contribution in [1.29, 1.82) is 0 Å². The zero-order valence-electron chi connectivity index (χ0n) is 14.0. The van der Waals surface area contributed by atoms with Crippen molar-refractivity contribution < 1.29 is 9.53 Å². The van der Waals surface area contributed by atoms with Gasteiger partial charge in [0.05, 0.1) is 23.9 Å². The van der Waals surface area contributed by atoms with Gasteiger partial charge in [-0.15, -0.1) is 0 Å². The molecule has 3 nitrogen and oxygen atoms in total. The molecule has 0 aromatic heterocycles. The maximum Gasteiger partial charge on any atom is 0.340 e. The fourth-order valence-electron chi connectivity index (χ4n) is 4.04. The van der Waals surface area contributed by atoms with Crippen LogP contribution in [0.25, 0.3) is 0 Å². The summed E-state index contributed by atoms with van der Waals surface area (Å²) in [6.07, 6.45) is 5.57. The van der Waals surface area contributed by atoms with Crippen LogP contribution in [0.2, 0.25) is 0 Å². The van der Waals surface area contributed by atoms with E-state index in [9.17, 15) is 4.79 Å². The van der Waals surface area contributed by atoms with Crippen molar-refractivity contribution in [3.63, 3.8) is 0 Å². The van der Waals surface area contributed by atoms with Gasteiger partial charge in [-0.2, -0.15) is 0 Å². The standard InChI is InChI=1S/C21H20BrNO2/c1-2-25-21(24)17-11-6-10-15-13-8-5-9-14(13)19(23-20(15)17)16-7-3-4-12-18(16)22/h3-8,10-14,19,23H,2,9H2,1H3/t13?,14?,19-/m1/s1. The lowest BCUT2D eigenvalue weighted by Gasteiger charge is -2.38. The van der Waals surface area contributed by atoms with Crippen LogP contribution in [0, 0.1) is 5.92 Å². The van der Waals surface area contributed by atoms with Crippen LogP contribution in [0.1, 0.15) is 46.8 Å². The molecule has 0 radical (unpaired) electrons. The summed E-state index contributed by atoms with van der Waals surface area (Å²) in [7, 11) is 0. The van der Waals surface area contributed by atoms with Gasteiger partial charge >= 0.3 is 5.97 Å². The number of benzene rings is 2. The minimum atomic E-state index is -0.266. The lowest BCUT2D eigenvalue weighted by atomic mass is 9.76. The van der Waals surface area contributed by atoms with Gasteiger partial charge in [0, 0.05) is 10.4 Å². The first-order valence-corrected chi connectivity index (χ1v) is 9.47. The molecule has 2 aliphatic rings. The highest BCUT2D eigenvalue weighted by atomic mass is 79.9. The highest BCUT2D eigenvalue weighted by Gasteiger charge is 2.39. The summed E-state index contributed by atoms with van der Waals surface area (Å²) in [5.41, 5.74) is 3.95. The van der Waals surface area contributed by atoms with E-state index in [1.165, 1.54) is 11.1 Å². The van der Waals surface area contributed by atoms with Crippen LogP contribution in [0.3, 0.4) is 0 Å². The van der Waals surface area contributed by atoms with E-state index in [1.54, 1.807) is 0 Å². The number of hydrogen-bond acceptors (Lipinski definition) is 3. The van der Waals surface area contributed by atoms with Crippen molar-refractivity contribution in [2.75, 3.05) is 11.9 Å². The maximum atomic E-state index is 12.4. The third-order valence-electron chi connectivity index (χ3n) is 5.13. The first kappa shape index (κ1) is 16.4. The second kappa shape index (κ2) is 6.68. The van der Waals surface area contributed by atoms with Crippen molar-refractivity contribution in [3.05, 3.63) is 75.8 Å². The van der Waals surface area contributed by atoms with E-state index in [1.807, 2.05) is 25.1 Å². The topological polar surface area (TPSA) is 38.3 Å². The fourth-order valence-corrected chi connectivity index (χ4v) is 4.57. The summed E-state index contributed by atoms with van der Waals surface area (Å²) in [4.78, 5) is 12.4. The minimum Gasteiger partial charge on any atom is -0.462 e. The molecule has 4 rings (SSSR count). The largest absolute Gasteiger partial charge is 0.462 e. The molecular formula is C21H20BrNO2. The van der Waals surface area contributed by atoms with Gasteiger partial charge in [-0.3, -0.25) is 0 Å². The summed E-state index contributed by atoms with van der Waals surface area (Å²) < 4.78 is 6.36. The van der Waals surface area contributed by atoms with Crippen LogP contribution in [-0.2, 0) is 4.74 Å². The smallest absolute Gasteiger partial charge is 0.340 e. The quantitative estimate of drug-likeness (QED) is 0.552. The molecule has 1 heterocycles. The normalized spacial score (nSPS) is 23.5. The number of hydrogen-bond donors (Lipinski definition) is 1. The summed E-state index contributed by atoms with van der Waals surface area (Å²) >= 11 is 3.69. The molecule has 1 aliphatic carbocycles. The lowest BCUT2D eigenvalue weighted by Crippen LogP contribution is -2.30. The Kier molecular flexibility index (Phi) is 4.38. The number of esters is 1. The Morgan fingerprint density at radius 1 is 1.20 bits per heavy atom. The minimum absolute atomic E-state index is 0.152. The Labute approximate surface area is 156 Å². The van der Waals surface area contributed by atoms with E-state index >= 15 is 0 Å². The predicted octanol–water partition coefficient (Wildman–Crippen LogP) is 5.45. The first-order valence-electron chi connectivity index (χ1n) is 8.68. The predicted molar refractivity (Wildman–Crippen MR) is 103 cm³/mol. The van der Waals surface area contributed by atoms with Crippen molar-refractivity contribution in [3.8, 4) is 0 Å². The molecule has 128 valence electrons. The average Bonchev–Trinajstić information content (AvgIpc) is 3.11. The third kappa shape index (κ3) is 2.78. The molecule has 0 saturated carbocycles. The summed E-state index contributed by atoms with van der Waals surface area (Å²) in [6.45, 7) is 2.21. The molecule has 0 saturated heterocycles. The maximum absolute atomic E-state index is 12.4. The Morgan fingerprint density at radius 2 is 2.00 bits per heavy atom. The number of halogens is 1. The van der Waals surface area contributed by atoms with E-state index in [0.717, 1.165) is 16.6 Å². The second-order valence-corrected chi connectivity index (χ2v) is 7.34. The van der Waals surface area contributed by atoms with Gasteiger partial charge in [-0.1, -0.05) is 58.4 Å². The molecule has 25 heavy (non-hydrogen) atoms. The van der Waals surface area contributed by atoms with Gasteiger partial charge in [-0.25, -0.2) is 4.79 Å². The van der Waals surface area contributed by atoms with E-state index in [-0.39, 0.29) is 12.0 Å². The van der Waals surface area contributed by atoms with Crippen molar-refractivity contribution in [2.24, 2.45) is 5.92 Å². The number of anilines is 1. The number of para-hydroxylation sites is 1. The van der Waals surface area contributed by atoms with Gasteiger partial charge in [0.1, 0.15) is 0 Å². The second-order valence-electron chi connectivity index (χ2n) is 6.49. The van der Waals surface area contributed by atoms with Gasteiger partial charge in [0.25, 0.3) is 0 Å². The molecule has 2 unspecified atom stereocenters. The third-order valence-corrected chi connectivity index (χ3v) is 5.85. The molecule has 0 amide bonds. The van der Waals surface area contributed by atoms with E-state index < -0.39 is 0 Å². The van der Waals surface area contributed by atoms with Gasteiger partial charge in [0.15, 0.2) is 0 Å². The Hall–Kier alpha value is -2.07. The molecule has 0 spiro atoms. The molecule has 3 atom stereocenters. The van der Waals surface area contributed by atoms with E-state index in [2.05, 4.69) is 57.7 Å².